The summed E-state index contributed by atoms with van der Waals surface area (Å²) >= 11 is 0. The zero-order valence-corrected chi connectivity index (χ0v) is 17.8. The number of rotatable bonds is 8. The Labute approximate surface area is 181 Å². The molecule has 0 bridgehead atoms. The van der Waals surface area contributed by atoms with Crippen LogP contribution in [0.4, 0.5) is 0 Å². The number of benzene rings is 2. The fourth-order valence-electron chi connectivity index (χ4n) is 3.59. The second kappa shape index (κ2) is 9.55. The van der Waals surface area contributed by atoms with E-state index in [-0.39, 0.29) is 17.2 Å². The third-order valence-corrected chi connectivity index (χ3v) is 5.14. The number of ether oxygens (including phenoxy) is 1. The molecular weight excluding hydrogens is 396 g/mol. The van der Waals surface area contributed by atoms with E-state index in [1.54, 1.807) is 24.3 Å². The monoisotopic (exact) mass is 422 g/mol. The summed E-state index contributed by atoms with van der Waals surface area (Å²) in [4.78, 5) is 50.8. The zero-order valence-electron chi connectivity index (χ0n) is 17.8. The molecule has 1 heterocycles. The van der Waals surface area contributed by atoms with E-state index in [4.69, 9.17) is 4.74 Å². The summed E-state index contributed by atoms with van der Waals surface area (Å²) in [5.41, 5.74) is 1.48. The molecule has 3 amide bonds. The van der Waals surface area contributed by atoms with Crippen LogP contribution >= 0.6 is 0 Å². The molecule has 0 aromatic heterocycles. The zero-order chi connectivity index (χ0) is 22.5. The first-order valence-electron chi connectivity index (χ1n) is 10.3. The quantitative estimate of drug-likeness (QED) is 0.521. The van der Waals surface area contributed by atoms with E-state index in [1.807, 2.05) is 30.3 Å². The second-order valence-electron chi connectivity index (χ2n) is 7.97. The van der Waals surface area contributed by atoms with E-state index < -0.39 is 36.3 Å². The molecule has 1 N–H and O–H groups in total. The molecule has 0 unspecified atom stereocenters. The lowest BCUT2D eigenvalue weighted by molar-refractivity contribution is -0.152. The second-order valence-corrected chi connectivity index (χ2v) is 7.97. The Morgan fingerprint density at radius 2 is 1.45 bits per heavy atom. The maximum Gasteiger partial charge on any atom is 0.329 e. The van der Waals surface area contributed by atoms with Crippen molar-refractivity contribution in [3.63, 3.8) is 0 Å². The molecule has 0 saturated heterocycles. The van der Waals surface area contributed by atoms with Crippen molar-refractivity contribution in [2.75, 3.05) is 6.61 Å². The fraction of sp³-hybridized carbons (Fsp3) is 0.333. The van der Waals surface area contributed by atoms with E-state index in [2.05, 4.69) is 19.2 Å². The topological polar surface area (TPSA) is 92.8 Å². The first-order valence-corrected chi connectivity index (χ1v) is 10.3. The van der Waals surface area contributed by atoms with Crippen LogP contribution < -0.4 is 5.32 Å². The Hall–Kier alpha value is -3.48. The van der Waals surface area contributed by atoms with Gasteiger partial charge in [-0.1, -0.05) is 56.3 Å². The van der Waals surface area contributed by atoms with Gasteiger partial charge >= 0.3 is 5.97 Å². The summed E-state index contributed by atoms with van der Waals surface area (Å²) < 4.78 is 5.12. The largest absolute Gasteiger partial charge is 0.454 e. The Balaban J connectivity index is 1.59. The molecule has 1 aliphatic rings. The number of amides is 3. The van der Waals surface area contributed by atoms with Gasteiger partial charge in [0.1, 0.15) is 6.04 Å². The average molecular weight is 422 g/mol. The van der Waals surface area contributed by atoms with Crippen LogP contribution in [0.25, 0.3) is 0 Å². The minimum absolute atomic E-state index is 0.207. The van der Waals surface area contributed by atoms with Gasteiger partial charge in [0.2, 0.25) is 0 Å². The molecule has 0 fully saturated rings. The first kappa shape index (κ1) is 22.2. The number of carbonyl (C=O) groups excluding carboxylic acids is 4. The van der Waals surface area contributed by atoms with E-state index >= 15 is 0 Å². The van der Waals surface area contributed by atoms with Crippen molar-refractivity contribution in [2.45, 2.75) is 39.3 Å². The smallest absolute Gasteiger partial charge is 0.329 e. The molecule has 7 nitrogen and oxygen atoms in total. The van der Waals surface area contributed by atoms with Gasteiger partial charge in [-0.25, -0.2) is 4.79 Å². The molecule has 31 heavy (non-hydrogen) atoms. The number of hydrogen-bond donors (Lipinski definition) is 1. The van der Waals surface area contributed by atoms with Crippen molar-refractivity contribution in [2.24, 2.45) is 5.92 Å². The standard InChI is InChI=1S/C24H26N2O5/c1-15(2)13-20(17-9-5-4-6-10-17)25-21(27)14-31-24(30)16(3)26-22(28)18-11-7-8-12-19(18)23(26)29/h4-12,15-16,20H,13-14H2,1-3H3,(H,25,27)/t16-,20-/m1/s1. The molecule has 2 aromatic carbocycles. The van der Waals surface area contributed by atoms with Crippen molar-refractivity contribution in [3.8, 4) is 0 Å². The Morgan fingerprint density at radius 3 is 2.00 bits per heavy atom. The van der Waals surface area contributed by atoms with E-state index in [0.717, 1.165) is 16.9 Å². The highest BCUT2D eigenvalue weighted by atomic mass is 16.5. The molecular formula is C24H26N2O5. The number of fused-ring (bicyclic) bond motifs is 1. The van der Waals surface area contributed by atoms with Crippen LogP contribution in [0, 0.1) is 5.92 Å². The Morgan fingerprint density at radius 1 is 0.903 bits per heavy atom. The Kier molecular flexibility index (Phi) is 6.84. The molecule has 2 aromatic rings. The first-order chi connectivity index (χ1) is 14.8. The van der Waals surface area contributed by atoms with Crippen LogP contribution in [0.3, 0.4) is 0 Å². The third-order valence-electron chi connectivity index (χ3n) is 5.14. The lowest BCUT2D eigenvalue weighted by Crippen LogP contribution is -2.44. The normalized spacial score (nSPS) is 14.9. The predicted molar refractivity (Wildman–Crippen MR) is 114 cm³/mol. The molecule has 0 radical (unpaired) electrons. The third kappa shape index (κ3) is 4.99. The van der Waals surface area contributed by atoms with Crippen molar-refractivity contribution in [1.29, 1.82) is 0 Å². The van der Waals surface area contributed by atoms with Gasteiger partial charge in [0.05, 0.1) is 17.2 Å². The average Bonchev–Trinajstić information content (AvgIpc) is 3.01. The summed E-state index contributed by atoms with van der Waals surface area (Å²) in [5.74, 6) is -2.00. The minimum Gasteiger partial charge on any atom is -0.454 e. The summed E-state index contributed by atoms with van der Waals surface area (Å²) in [6.45, 7) is 5.04. The van der Waals surface area contributed by atoms with Gasteiger partial charge in [-0.15, -0.1) is 0 Å². The molecule has 0 aliphatic carbocycles. The lowest BCUT2D eigenvalue weighted by Gasteiger charge is -2.23. The van der Waals surface area contributed by atoms with Crippen molar-refractivity contribution >= 4 is 23.7 Å². The number of imide groups is 1. The maximum absolute atomic E-state index is 12.5. The number of nitrogens with one attached hydrogen (secondary N) is 1. The minimum atomic E-state index is -1.14. The highest BCUT2D eigenvalue weighted by Crippen LogP contribution is 2.25. The summed E-state index contributed by atoms with van der Waals surface area (Å²) in [6, 6.07) is 14.6. The predicted octanol–water partition coefficient (Wildman–Crippen LogP) is 3.12. The van der Waals surface area contributed by atoms with Gasteiger partial charge in [0, 0.05) is 0 Å². The molecule has 7 heteroatoms. The van der Waals surface area contributed by atoms with E-state index in [0.29, 0.717) is 5.92 Å². The maximum atomic E-state index is 12.5. The van der Waals surface area contributed by atoms with Gasteiger partial charge in [0.15, 0.2) is 6.61 Å². The highest BCUT2D eigenvalue weighted by molar-refractivity contribution is 6.22. The van der Waals surface area contributed by atoms with Crippen LogP contribution in [-0.4, -0.2) is 41.2 Å². The van der Waals surface area contributed by atoms with Crippen LogP contribution in [0.5, 0.6) is 0 Å². The van der Waals surface area contributed by atoms with Crippen molar-refractivity contribution in [3.05, 3.63) is 71.3 Å². The van der Waals surface area contributed by atoms with Crippen molar-refractivity contribution in [1.82, 2.24) is 10.2 Å². The van der Waals surface area contributed by atoms with Crippen LogP contribution in [0.1, 0.15) is 59.5 Å². The molecule has 1 aliphatic heterocycles. The molecule has 2 atom stereocenters. The molecule has 3 rings (SSSR count). The number of hydrogen-bond acceptors (Lipinski definition) is 5. The number of esters is 1. The number of carbonyl (C=O) groups is 4. The van der Waals surface area contributed by atoms with E-state index in [1.165, 1.54) is 6.92 Å². The van der Waals surface area contributed by atoms with Gasteiger partial charge in [-0.2, -0.15) is 0 Å². The SMILES string of the molecule is CC(C)C[C@@H](NC(=O)COC(=O)[C@@H](C)N1C(=O)c2ccccc2C1=O)c1ccccc1. The van der Waals surface area contributed by atoms with Gasteiger partial charge < -0.3 is 10.1 Å². The summed E-state index contributed by atoms with van der Waals surface area (Å²) in [5, 5.41) is 2.90. The van der Waals surface area contributed by atoms with Gasteiger partial charge in [0.25, 0.3) is 17.7 Å². The molecule has 0 saturated carbocycles. The van der Waals surface area contributed by atoms with Crippen LogP contribution in [0.2, 0.25) is 0 Å². The molecule has 0 spiro atoms. The summed E-state index contributed by atoms with van der Waals surface area (Å²) in [6.07, 6.45) is 0.731. The van der Waals surface area contributed by atoms with Gasteiger partial charge in [-0.05, 0) is 37.0 Å². The highest BCUT2D eigenvalue weighted by Gasteiger charge is 2.41. The van der Waals surface area contributed by atoms with Crippen LogP contribution in [0.15, 0.2) is 54.6 Å². The van der Waals surface area contributed by atoms with Crippen LogP contribution in [-0.2, 0) is 14.3 Å². The Bertz CT molecular complexity index is 951. The van der Waals surface area contributed by atoms with E-state index in [9.17, 15) is 19.2 Å². The van der Waals surface area contributed by atoms with Crippen molar-refractivity contribution < 1.29 is 23.9 Å². The number of nitrogens with zero attached hydrogens (tertiary/aromatic N) is 1. The van der Waals surface area contributed by atoms with Gasteiger partial charge in [-0.3, -0.25) is 19.3 Å². The molecule has 162 valence electrons. The summed E-state index contributed by atoms with van der Waals surface area (Å²) in [7, 11) is 0. The fourth-order valence-corrected chi connectivity index (χ4v) is 3.59. The lowest BCUT2D eigenvalue weighted by atomic mass is 9.97.